The van der Waals surface area contributed by atoms with Gasteiger partial charge < -0.3 is 5.32 Å². The average molecular weight is 401 g/mol. The fraction of sp³-hybridized carbons (Fsp3) is 0.217. The maximum atomic E-state index is 12.6. The Balaban J connectivity index is 1.36. The summed E-state index contributed by atoms with van der Waals surface area (Å²) in [5.41, 5.74) is 3.95. The fourth-order valence-electron chi connectivity index (χ4n) is 3.30. The van der Waals surface area contributed by atoms with E-state index in [1.807, 2.05) is 78.5 Å². The van der Waals surface area contributed by atoms with E-state index in [1.54, 1.807) is 0 Å². The van der Waals surface area contributed by atoms with Gasteiger partial charge in [0.25, 0.3) is 5.91 Å². The number of benzene rings is 2. The molecule has 1 N–H and O–H groups in total. The lowest BCUT2D eigenvalue weighted by Gasteiger charge is -2.23. The minimum absolute atomic E-state index is 0.108. The molecule has 2 aromatic carbocycles. The summed E-state index contributed by atoms with van der Waals surface area (Å²) < 4.78 is 1.81. The second-order valence-electron chi connectivity index (χ2n) is 7.18. The van der Waals surface area contributed by atoms with E-state index < -0.39 is 0 Å². The summed E-state index contributed by atoms with van der Waals surface area (Å²) >= 11 is 0. The van der Waals surface area contributed by atoms with Crippen molar-refractivity contribution in [3.8, 4) is 5.69 Å². The van der Waals surface area contributed by atoms with Gasteiger partial charge >= 0.3 is 0 Å². The smallest absolute Gasteiger partial charge is 0.267 e. The van der Waals surface area contributed by atoms with E-state index in [4.69, 9.17) is 0 Å². The monoisotopic (exact) mass is 401 g/mol. The highest BCUT2D eigenvalue weighted by atomic mass is 16.2. The van der Waals surface area contributed by atoms with Crippen molar-refractivity contribution in [3.63, 3.8) is 0 Å². The zero-order valence-electron chi connectivity index (χ0n) is 16.8. The molecule has 4 rings (SSSR count). The van der Waals surface area contributed by atoms with Gasteiger partial charge in [-0.3, -0.25) is 9.59 Å². The van der Waals surface area contributed by atoms with Crippen molar-refractivity contribution in [3.05, 3.63) is 78.1 Å². The van der Waals surface area contributed by atoms with Crippen LogP contribution in [-0.2, 0) is 16.0 Å². The molecule has 0 aliphatic carbocycles. The highest BCUT2D eigenvalue weighted by Gasteiger charge is 2.25. The molecule has 3 aromatic rings. The molecular formula is C23H23N5O2. The molecule has 0 spiro atoms. The predicted octanol–water partition coefficient (Wildman–Crippen LogP) is 3.02. The van der Waals surface area contributed by atoms with Gasteiger partial charge in [-0.25, -0.2) is 9.69 Å². The van der Waals surface area contributed by atoms with Crippen LogP contribution in [0.4, 0.5) is 5.69 Å². The van der Waals surface area contributed by atoms with Crippen LogP contribution in [-0.4, -0.2) is 33.9 Å². The number of nitrogens with one attached hydrogen (secondary N) is 1. The number of amides is 2. The quantitative estimate of drug-likeness (QED) is 0.690. The number of nitrogens with zero attached hydrogens (tertiary/aromatic N) is 4. The van der Waals surface area contributed by atoms with Crippen LogP contribution in [0, 0.1) is 6.92 Å². The third-order valence-corrected chi connectivity index (χ3v) is 4.87. The minimum Gasteiger partial charge on any atom is -0.351 e. The molecule has 0 radical (unpaired) electrons. The number of rotatable bonds is 6. The Morgan fingerprint density at radius 3 is 2.63 bits per heavy atom. The van der Waals surface area contributed by atoms with Gasteiger partial charge in [-0.15, -0.1) is 0 Å². The number of hydrogen-bond acceptors (Lipinski definition) is 4. The molecule has 0 saturated heterocycles. The SMILES string of the molecule is Cc1cccc(N2N=C(C(=O)NCCc3ccn(-c4ccccc4)n3)CCC2=O)c1. The van der Waals surface area contributed by atoms with Crippen LogP contribution in [0.1, 0.15) is 24.1 Å². The Bertz CT molecular complexity index is 1090. The molecule has 0 unspecified atom stereocenters. The first kappa shape index (κ1) is 19.6. The van der Waals surface area contributed by atoms with Gasteiger partial charge in [0.1, 0.15) is 5.71 Å². The van der Waals surface area contributed by atoms with Crippen molar-refractivity contribution in [1.82, 2.24) is 15.1 Å². The van der Waals surface area contributed by atoms with Crippen LogP contribution in [0.15, 0.2) is 72.0 Å². The lowest BCUT2D eigenvalue weighted by atomic mass is 10.1. The molecule has 2 heterocycles. The Morgan fingerprint density at radius 1 is 1.03 bits per heavy atom. The molecule has 7 nitrogen and oxygen atoms in total. The molecule has 0 bridgehead atoms. The summed E-state index contributed by atoms with van der Waals surface area (Å²) in [7, 11) is 0. The number of aryl methyl sites for hydroxylation is 1. The van der Waals surface area contributed by atoms with Gasteiger partial charge in [0.05, 0.1) is 17.1 Å². The molecule has 0 atom stereocenters. The summed E-state index contributed by atoms with van der Waals surface area (Å²) in [6.07, 6.45) is 3.12. The molecule has 1 aliphatic heterocycles. The van der Waals surface area contributed by atoms with E-state index in [9.17, 15) is 9.59 Å². The van der Waals surface area contributed by atoms with Gasteiger partial charge in [-0.1, -0.05) is 30.3 Å². The zero-order valence-corrected chi connectivity index (χ0v) is 16.8. The van der Waals surface area contributed by atoms with Crippen molar-refractivity contribution in [2.45, 2.75) is 26.2 Å². The largest absolute Gasteiger partial charge is 0.351 e. The van der Waals surface area contributed by atoms with Gasteiger partial charge in [-0.2, -0.15) is 10.2 Å². The first-order valence-corrected chi connectivity index (χ1v) is 9.95. The lowest BCUT2D eigenvalue weighted by Crippen LogP contribution is -2.39. The summed E-state index contributed by atoms with van der Waals surface area (Å²) in [4.78, 5) is 24.8. The van der Waals surface area contributed by atoms with Crippen LogP contribution in [0.2, 0.25) is 0 Å². The molecule has 7 heteroatoms. The van der Waals surface area contributed by atoms with Crippen molar-refractivity contribution in [2.75, 3.05) is 11.6 Å². The third kappa shape index (κ3) is 4.46. The standard InChI is InChI=1S/C23H23N5O2/c1-17-6-5-9-20(16-17)28-22(29)11-10-21(26-28)23(30)24-14-12-18-13-15-27(25-18)19-7-3-2-4-8-19/h2-9,13,15-16H,10-12,14H2,1H3,(H,24,30). The number of aromatic nitrogens is 2. The summed E-state index contributed by atoms with van der Waals surface area (Å²) in [5.74, 6) is -0.355. The Kier molecular flexibility index (Phi) is 5.70. The first-order chi connectivity index (χ1) is 14.6. The number of carbonyl (C=O) groups is 2. The zero-order chi connectivity index (χ0) is 20.9. The van der Waals surface area contributed by atoms with Crippen LogP contribution in [0.3, 0.4) is 0 Å². The normalized spacial score (nSPS) is 13.8. The van der Waals surface area contributed by atoms with Crippen LogP contribution < -0.4 is 10.3 Å². The second-order valence-corrected chi connectivity index (χ2v) is 7.18. The van der Waals surface area contributed by atoms with E-state index in [-0.39, 0.29) is 18.2 Å². The maximum Gasteiger partial charge on any atom is 0.267 e. The number of hydrogen-bond donors (Lipinski definition) is 1. The van der Waals surface area contributed by atoms with E-state index in [1.165, 1.54) is 5.01 Å². The summed E-state index contributed by atoms with van der Waals surface area (Å²) in [5, 5.41) is 13.1. The minimum atomic E-state index is -0.248. The van der Waals surface area contributed by atoms with Crippen molar-refractivity contribution < 1.29 is 9.59 Å². The van der Waals surface area contributed by atoms with Gasteiger partial charge in [-0.05, 0) is 42.8 Å². The summed E-state index contributed by atoms with van der Waals surface area (Å²) in [6.45, 7) is 2.40. The molecule has 30 heavy (non-hydrogen) atoms. The molecule has 0 saturated carbocycles. The predicted molar refractivity (Wildman–Crippen MR) is 116 cm³/mol. The number of para-hydroxylation sites is 1. The van der Waals surface area contributed by atoms with Crippen LogP contribution in [0.25, 0.3) is 5.69 Å². The first-order valence-electron chi connectivity index (χ1n) is 9.95. The van der Waals surface area contributed by atoms with Crippen LogP contribution >= 0.6 is 0 Å². The number of hydrazone groups is 1. The molecule has 2 amide bonds. The Labute approximate surface area is 175 Å². The summed E-state index contributed by atoms with van der Waals surface area (Å²) in [6, 6.07) is 19.3. The topological polar surface area (TPSA) is 79.6 Å². The molecule has 152 valence electrons. The van der Waals surface area contributed by atoms with Gasteiger partial charge in [0, 0.05) is 32.0 Å². The van der Waals surface area contributed by atoms with Crippen molar-refractivity contribution in [2.24, 2.45) is 5.10 Å². The third-order valence-electron chi connectivity index (χ3n) is 4.87. The number of anilines is 1. The molecular weight excluding hydrogens is 378 g/mol. The molecule has 1 aromatic heterocycles. The lowest BCUT2D eigenvalue weighted by molar-refractivity contribution is -0.118. The highest BCUT2D eigenvalue weighted by molar-refractivity contribution is 6.40. The van der Waals surface area contributed by atoms with E-state index in [2.05, 4.69) is 15.5 Å². The number of carbonyl (C=O) groups excluding carboxylic acids is 2. The maximum absolute atomic E-state index is 12.6. The van der Waals surface area contributed by atoms with Crippen LogP contribution in [0.5, 0.6) is 0 Å². The van der Waals surface area contributed by atoms with Crippen molar-refractivity contribution >= 4 is 23.2 Å². The highest BCUT2D eigenvalue weighted by Crippen LogP contribution is 2.21. The Morgan fingerprint density at radius 2 is 1.83 bits per heavy atom. The Hall–Kier alpha value is -3.74. The van der Waals surface area contributed by atoms with E-state index >= 15 is 0 Å². The average Bonchev–Trinajstić information content (AvgIpc) is 3.23. The second kappa shape index (κ2) is 8.73. The molecule has 0 fully saturated rings. The van der Waals surface area contributed by atoms with Gasteiger partial charge in [0.15, 0.2) is 0 Å². The van der Waals surface area contributed by atoms with E-state index in [0.29, 0.717) is 30.8 Å². The fourth-order valence-corrected chi connectivity index (χ4v) is 3.30. The van der Waals surface area contributed by atoms with Gasteiger partial charge in [0.2, 0.25) is 5.91 Å². The molecule has 1 aliphatic rings. The van der Waals surface area contributed by atoms with E-state index in [0.717, 1.165) is 16.9 Å². The van der Waals surface area contributed by atoms with Crippen molar-refractivity contribution in [1.29, 1.82) is 0 Å².